The molecule has 0 aliphatic rings. The first-order valence-corrected chi connectivity index (χ1v) is 8.58. The normalized spacial score (nSPS) is 11.0. The number of aryl methyl sites for hydroxylation is 3. The van der Waals surface area contributed by atoms with Gasteiger partial charge < -0.3 is 4.74 Å². The topological polar surface area (TPSA) is 52.8 Å². The third kappa shape index (κ3) is 2.92. The van der Waals surface area contributed by atoms with E-state index >= 15 is 0 Å². The van der Waals surface area contributed by atoms with Gasteiger partial charge in [0.25, 0.3) is 0 Å². The van der Waals surface area contributed by atoms with Crippen molar-refractivity contribution < 1.29 is 4.74 Å². The van der Waals surface area contributed by atoms with Gasteiger partial charge in [-0.1, -0.05) is 12.1 Å². The lowest BCUT2D eigenvalue weighted by molar-refractivity contribution is 0.307. The molecule has 0 unspecified atom stereocenters. The van der Waals surface area contributed by atoms with E-state index in [0.29, 0.717) is 6.61 Å². The summed E-state index contributed by atoms with van der Waals surface area (Å²) < 4.78 is 8.02. The van der Waals surface area contributed by atoms with E-state index in [4.69, 9.17) is 9.72 Å². The van der Waals surface area contributed by atoms with Gasteiger partial charge in [-0.05, 0) is 50.6 Å². The van der Waals surface area contributed by atoms with Crippen LogP contribution in [0.2, 0.25) is 0 Å². The molecule has 4 rings (SSSR count). The highest BCUT2D eigenvalue weighted by Gasteiger charge is 2.12. The second-order valence-corrected chi connectivity index (χ2v) is 6.37. The second-order valence-electron chi connectivity index (χ2n) is 6.37. The zero-order chi connectivity index (χ0) is 18.1. The summed E-state index contributed by atoms with van der Waals surface area (Å²) in [7, 11) is 0. The minimum atomic E-state index is 0.470. The molecular formula is C21H20N4O. The maximum absolute atomic E-state index is 6.16. The molecule has 0 N–H and O–H groups in total. The molecule has 0 spiro atoms. The average molecular weight is 344 g/mol. The van der Waals surface area contributed by atoms with Crippen LogP contribution in [-0.4, -0.2) is 19.7 Å². The maximum Gasteiger partial charge on any atom is 0.146 e. The molecule has 0 saturated carbocycles. The van der Waals surface area contributed by atoms with Crippen LogP contribution in [0, 0.1) is 20.8 Å². The van der Waals surface area contributed by atoms with Crippen molar-refractivity contribution in [1.29, 1.82) is 0 Å². The number of para-hydroxylation sites is 1. The van der Waals surface area contributed by atoms with Crippen molar-refractivity contribution in [2.75, 3.05) is 0 Å². The molecule has 5 heteroatoms. The van der Waals surface area contributed by atoms with Gasteiger partial charge in [-0.15, -0.1) is 0 Å². The summed E-state index contributed by atoms with van der Waals surface area (Å²) in [4.78, 5) is 9.09. The number of hydrogen-bond acceptors (Lipinski definition) is 4. The number of aromatic nitrogens is 4. The van der Waals surface area contributed by atoms with E-state index in [9.17, 15) is 0 Å². The number of fused-ring (bicyclic) bond motifs is 1. The highest BCUT2D eigenvalue weighted by molar-refractivity contribution is 5.91. The number of ether oxygens (including phenoxy) is 1. The molecule has 0 bridgehead atoms. The molecule has 4 aromatic rings. The summed E-state index contributed by atoms with van der Waals surface area (Å²) in [6.45, 7) is 6.54. The molecule has 26 heavy (non-hydrogen) atoms. The van der Waals surface area contributed by atoms with Crippen LogP contribution >= 0.6 is 0 Å². The van der Waals surface area contributed by atoms with Gasteiger partial charge in [-0.3, -0.25) is 4.98 Å². The van der Waals surface area contributed by atoms with Crippen LogP contribution in [0.5, 0.6) is 5.75 Å². The Morgan fingerprint density at radius 1 is 1.04 bits per heavy atom. The van der Waals surface area contributed by atoms with Crippen LogP contribution < -0.4 is 4.74 Å². The van der Waals surface area contributed by atoms with Crippen LogP contribution in [0.3, 0.4) is 0 Å². The number of rotatable bonds is 4. The third-order valence-corrected chi connectivity index (χ3v) is 4.54. The van der Waals surface area contributed by atoms with Gasteiger partial charge in [0.15, 0.2) is 0 Å². The van der Waals surface area contributed by atoms with E-state index in [0.717, 1.165) is 39.3 Å². The van der Waals surface area contributed by atoms with Gasteiger partial charge in [0.2, 0.25) is 0 Å². The zero-order valence-electron chi connectivity index (χ0n) is 15.1. The van der Waals surface area contributed by atoms with Crippen LogP contribution in [0.15, 0.2) is 55.0 Å². The largest absolute Gasteiger partial charge is 0.487 e. The third-order valence-electron chi connectivity index (χ3n) is 4.54. The molecule has 0 radical (unpaired) electrons. The number of hydrogen-bond donors (Lipinski definition) is 0. The lowest BCUT2D eigenvalue weighted by Crippen LogP contribution is -2.04. The molecule has 0 fully saturated rings. The molecule has 1 aromatic carbocycles. The molecule has 5 nitrogen and oxygen atoms in total. The predicted octanol–water partition coefficient (Wildman–Crippen LogP) is 4.32. The van der Waals surface area contributed by atoms with E-state index in [1.54, 1.807) is 6.20 Å². The average Bonchev–Trinajstić information content (AvgIpc) is 3.15. The first-order valence-electron chi connectivity index (χ1n) is 8.58. The molecular weight excluding hydrogens is 324 g/mol. The fourth-order valence-corrected chi connectivity index (χ4v) is 3.14. The van der Waals surface area contributed by atoms with Crippen molar-refractivity contribution in [2.24, 2.45) is 0 Å². The van der Waals surface area contributed by atoms with Gasteiger partial charge in [0.1, 0.15) is 17.9 Å². The molecule has 0 atom stereocenters. The quantitative estimate of drug-likeness (QED) is 0.553. The predicted molar refractivity (Wildman–Crippen MR) is 102 cm³/mol. The smallest absolute Gasteiger partial charge is 0.146 e. The first-order chi connectivity index (χ1) is 12.6. The summed E-state index contributed by atoms with van der Waals surface area (Å²) in [5.41, 5.74) is 6.05. The molecule has 3 heterocycles. The fraction of sp³-hybridized carbons (Fsp3) is 0.190. The van der Waals surface area contributed by atoms with Crippen LogP contribution in [0.25, 0.3) is 16.6 Å². The maximum atomic E-state index is 6.16. The Kier molecular flexibility index (Phi) is 4.13. The molecule has 0 amide bonds. The summed E-state index contributed by atoms with van der Waals surface area (Å²) in [5, 5.41) is 5.37. The molecule has 0 aliphatic heterocycles. The van der Waals surface area contributed by atoms with Gasteiger partial charge in [0.05, 0.1) is 5.69 Å². The minimum Gasteiger partial charge on any atom is -0.487 e. The highest BCUT2D eigenvalue weighted by Crippen LogP contribution is 2.29. The van der Waals surface area contributed by atoms with Gasteiger partial charge in [-0.2, -0.15) is 5.10 Å². The highest BCUT2D eigenvalue weighted by atomic mass is 16.5. The fourth-order valence-electron chi connectivity index (χ4n) is 3.14. The number of benzene rings is 1. The van der Waals surface area contributed by atoms with Crippen molar-refractivity contribution in [3.05, 3.63) is 77.5 Å². The van der Waals surface area contributed by atoms with Crippen LogP contribution in [0.4, 0.5) is 0 Å². The molecule has 3 aromatic heterocycles. The van der Waals surface area contributed by atoms with Crippen molar-refractivity contribution in [2.45, 2.75) is 27.4 Å². The van der Waals surface area contributed by atoms with E-state index in [1.807, 2.05) is 67.3 Å². The van der Waals surface area contributed by atoms with Gasteiger partial charge in [-0.25, -0.2) is 9.67 Å². The van der Waals surface area contributed by atoms with Crippen molar-refractivity contribution in [1.82, 2.24) is 19.7 Å². The molecule has 130 valence electrons. The SMILES string of the molecule is Cc1cc(-n2cccn2)c2cccc(OCc3c(C)ccnc3C)c2n1. The molecule has 0 aliphatic carbocycles. The minimum absolute atomic E-state index is 0.470. The summed E-state index contributed by atoms with van der Waals surface area (Å²) in [6.07, 6.45) is 5.54. The summed E-state index contributed by atoms with van der Waals surface area (Å²) in [5.74, 6) is 0.766. The number of nitrogens with zero attached hydrogens (tertiary/aromatic N) is 4. The van der Waals surface area contributed by atoms with Gasteiger partial charge in [0, 0.05) is 40.9 Å². The monoisotopic (exact) mass is 344 g/mol. The van der Waals surface area contributed by atoms with E-state index in [-0.39, 0.29) is 0 Å². The number of pyridine rings is 2. The molecule has 0 saturated heterocycles. The Hall–Kier alpha value is -3.21. The van der Waals surface area contributed by atoms with Crippen molar-refractivity contribution in [3.8, 4) is 11.4 Å². The Balaban J connectivity index is 1.77. The van der Waals surface area contributed by atoms with Crippen LogP contribution in [-0.2, 0) is 6.61 Å². The van der Waals surface area contributed by atoms with E-state index in [2.05, 4.69) is 17.0 Å². The van der Waals surface area contributed by atoms with Gasteiger partial charge >= 0.3 is 0 Å². The van der Waals surface area contributed by atoms with Crippen LogP contribution in [0.1, 0.15) is 22.5 Å². The van der Waals surface area contributed by atoms with E-state index in [1.165, 1.54) is 5.56 Å². The Morgan fingerprint density at radius 3 is 2.69 bits per heavy atom. The summed E-state index contributed by atoms with van der Waals surface area (Å²) >= 11 is 0. The van der Waals surface area contributed by atoms with Crippen molar-refractivity contribution >= 4 is 10.9 Å². The van der Waals surface area contributed by atoms with Crippen molar-refractivity contribution in [3.63, 3.8) is 0 Å². The van der Waals surface area contributed by atoms with E-state index < -0.39 is 0 Å². The first kappa shape index (κ1) is 16.3. The zero-order valence-corrected chi connectivity index (χ0v) is 15.1. The standard InChI is InChI=1S/C21H20N4O/c1-14-8-10-22-16(3)18(14)13-26-20-7-4-6-17-19(25-11-5-9-23-25)12-15(2)24-21(17)20/h4-12H,13H2,1-3H3. The Morgan fingerprint density at radius 2 is 1.92 bits per heavy atom. The second kappa shape index (κ2) is 6.59. The Labute approximate surface area is 152 Å². The Bertz CT molecular complexity index is 1050. The lowest BCUT2D eigenvalue weighted by Gasteiger charge is -2.14. The lowest BCUT2D eigenvalue weighted by atomic mass is 10.1. The summed E-state index contributed by atoms with van der Waals surface area (Å²) in [6, 6.07) is 12.0.